The second kappa shape index (κ2) is 16.7. The Balaban J connectivity index is 0.00000627. The number of amidine groups is 1. The second-order valence-corrected chi connectivity index (χ2v) is 15.5. The summed E-state index contributed by atoms with van der Waals surface area (Å²) in [5.41, 5.74) is 4.99. The van der Waals surface area contributed by atoms with Crippen LogP contribution in [0.4, 0.5) is 16.2 Å². The highest BCUT2D eigenvalue weighted by atomic mass is 35.5. The lowest BCUT2D eigenvalue weighted by atomic mass is 9.80. The maximum absolute atomic E-state index is 15.7. The number of likely N-dealkylation sites (tertiary alicyclic amines) is 1. The molecule has 5 rings (SSSR count). The molecule has 53 heavy (non-hydrogen) atoms. The molecule has 0 bridgehead atoms. The van der Waals surface area contributed by atoms with Crippen molar-refractivity contribution in [2.75, 3.05) is 23.4 Å². The molecular weight excluding hydrogens is 717 g/mol. The highest BCUT2D eigenvalue weighted by Crippen LogP contribution is 2.43. The number of rotatable bonds is 11. The highest BCUT2D eigenvalue weighted by molar-refractivity contribution is 7.52. The summed E-state index contributed by atoms with van der Waals surface area (Å²) >= 11 is 0. The third-order valence-corrected chi connectivity index (χ3v) is 9.05. The number of hydrogen-bond donors (Lipinski definition) is 4. The molecule has 0 aliphatic carbocycles. The maximum Gasteiger partial charge on any atom is 0.416 e. The van der Waals surface area contributed by atoms with Gasteiger partial charge in [-0.15, -0.1) is 12.4 Å². The number of carbonyl (C=O) groups is 3. The number of nitrogens with one attached hydrogen (secondary N) is 2. The van der Waals surface area contributed by atoms with Gasteiger partial charge in [0.25, 0.3) is 5.91 Å². The van der Waals surface area contributed by atoms with E-state index in [4.69, 9.17) is 20.4 Å². The molecule has 1 saturated heterocycles. The lowest BCUT2D eigenvalue weighted by Gasteiger charge is -2.46. The van der Waals surface area contributed by atoms with Crippen LogP contribution in [0.3, 0.4) is 0 Å². The van der Waals surface area contributed by atoms with Gasteiger partial charge < -0.3 is 30.1 Å². The number of ether oxygens (including phenoxy) is 1. The first-order valence-corrected chi connectivity index (χ1v) is 18.9. The first-order chi connectivity index (χ1) is 24.6. The Labute approximate surface area is 315 Å². The zero-order valence-electron chi connectivity index (χ0n) is 30.0. The van der Waals surface area contributed by atoms with E-state index in [-0.39, 0.29) is 48.2 Å². The molecule has 4 aromatic rings. The van der Waals surface area contributed by atoms with Crippen molar-refractivity contribution in [1.82, 2.24) is 4.90 Å². The Morgan fingerprint density at radius 2 is 1.55 bits per heavy atom. The van der Waals surface area contributed by atoms with Crippen LogP contribution in [0.1, 0.15) is 50.3 Å². The molecule has 1 fully saturated rings. The van der Waals surface area contributed by atoms with E-state index in [0.717, 1.165) is 12.2 Å². The molecule has 5 N–H and O–H groups in total. The molecule has 1 aliphatic heterocycles. The monoisotopic (exact) mass is 761 g/mol. The third kappa shape index (κ3) is 9.64. The van der Waals surface area contributed by atoms with E-state index < -0.39 is 42.7 Å². The third-order valence-electron chi connectivity index (χ3n) is 8.51. The van der Waals surface area contributed by atoms with Gasteiger partial charge in [-0.1, -0.05) is 78.9 Å². The summed E-state index contributed by atoms with van der Waals surface area (Å²) in [4.78, 5) is 57.3. The summed E-state index contributed by atoms with van der Waals surface area (Å²) in [7, 11) is -4.05. The van der Waals surface area contributed by atoms with E-state index >= 15 is 4.79 Å². The van der Waals surface area contributed by atoms with E-state index in [1.165, 1.54) is 28.0 Å². The molecule has 3 atom stereocenters. The van der Waals surface area contributed by atoms with Gasteiger partial charge >= 0.3 is 13.7 Å². The van der Waals surface area contributed by atoms with Gasteiger partial charge in [0.2, 0.25) is 5.91 Å². The number of nitrogens with zero attached hydrogens (tertiary/aromatic N) is 2. The van der Waals surface area contributed by atoms with Crippen LogP contribution < -0.4 is 20.5 Å². The average Bonchev–Trinajstić information content (AvgIpc) is 3.58. The average molecular weight is 762 g/mol. The number of nitrogens with two attached hydrogens (primary N) is 1. The quantitative estimate of drug-likeness (QED) is 0.0711. The van der Waals surface area contributed by atoms with Crippen molar-refractivity contribution in [1.29, 1.82) is 5.41 Å². The molecule has 1 heterocycles. The molecular formula is C39H45ClN5O7P. The molecule has 3 amide bonds. The molecule has 1 aliphatic rings. The van der Waals surface area contributed by atoms with E-state index in [1.54, 1.807) is 69.3 Å². The minimum absolute atomic E-state index is 0. The minimum Gasteiger partial charge on any atom is -0.443 e. The van der Waals surface area contributed by atoms with Crippen molar-refractivity contribution in [3.05, 3.63) is 126 Å². The number of halogens is 1. The zero-order valence-corrected chi connectivity index (χ0v) is 31.7. The normalized spacial score (nSPS) is 16.2. The summed E-state index contributed by atoms with van der Waals surface area (Å²) in [6.07, 6.45) is 0.0646. The number of carbonyl (C=O) groups excluding carboxylic acids is 3. The Morgan fingerprint density at radius 3 is 2.11 bits per heavy atom. The number of anilines is 2. The van der Waals surface area contributed by atoms with Crippen LogP contribution in [0.15, 0.2) is 109 Å². The number of amides is 3. The maximum atomic E-state index is 15.7. The van der Waals surface area contributed by atoms with Gasteiger partial charge in [0.1, 0.15) is 17.5 Å². The fraction of sp³-hybridized carbons (Fsp3) is 0.282. The van der Waals surface area contributed by atoms with Crippen molar-refractivity contribution in [3.63, 3.8) is 0 Å². The van der Waals surface area contributed by atoms with Gasteiger partial charge in [-0.05, 0) is 75.1 Å². The van der Waals surface area contributed by atoms with Crippen molar-refractivity contribution in [2.24, 2.45) is 5.73 Å². The van der Waals surface area contributed by atoms with E-state index in [9.17, 15) is 19.0 Å². The predicted octanol–water partition coefficient (Wildman–Crippen LogP) is 7.10. The molecule has 1 unspecified atom stereocenters. The van der Waals surface area contributed by atoms with Crippen LogP contribution >= 0.6 is 20.0 Å². The van der Waals surface area contributed by atoms with Gasteiger partial charge in [-0.3, -0.25) is 19.9 Å². The van der Waals surface area contributed by atoms with Crippen molar-refractivity contribution >= 4 is 55.1 Å². The summed E-state index contributed by atoms with van der Waals surface area (Å²) in [6, 6.07) is 30.3. The fourth-order valence-electron chi connectivity index (χ4n) is 6.37. The van der Waals surface area contributed by atoms with Crippen molar-refractivity contribution in [2.45, 2.75) is 57.2 Å². The number of para-hydroxylation sites is 1. The van der Waals surface area contributed by atoms with Crippen molar-refractivity contribution in [3.8, 4) is 5.75 Å². The summed E-state index contributed by atoms with van der Waals surface area (Å²) in [5.74, 6) is -1.49. The van der Waals surface area contributed by atoms with Crippen LogP contribution in [0.25, 0.3) is 0 Å². The number of benzene rings is 4. The van der Waals surface area contributed by atoms with Gasteiger partial charge in [0.15, 0.2) is 11.3 Å². The largest absolute Gasteiger partial charge is 0.443 e. The van der Waals surface area contributed by atoms with Gasteiger partial charge in [-0.25, -0.2) is 9.36 Å². The van der Waals surface area contributed by atoms with Crippen molar-refractivity contribution < 1.29 is 33.1 Å². The Kier molecular flexibility index (Phi) is 12.8. The van der Waals surface area contributed by atoms with Crippen LogP contribution in [-0.4, -0.2) is 58.4 Å². The van der Waals surface area contributed by atoms with Crippen LogP contribution in [-0.2, 0) is 30.9 Å². The summed E-state index contributed by atoms with van der Waals surface area (Å²) in [6.45, 7) is 6.48. The number of hydrogen-bond acceptors (Lipinski definition) is 7. The fourth-order valence-corrected chi connectivity index (χ4v) is 6.89. The summed E-state index contributed by atoms with van der Waals surface area (Å²) < 4.78 is 23.5. The standard InChI is InChI=1S/C39H44N5O7P.ClH/c1-38(2,3)50-37(47)44(30-19-12-7-13-20-30)39(29-17-10-6-11-18-29,26-27-15-8-5-9-16-27)36(46)43-24-14-21-32(43)35(45)42-31-25-28(34(40)41)22-23-33(31)51-52(4,48)49;/h5-13,15-20,22-23,25,32H,14,21,24,26H2,1-4H3,(H3,40,41)(H,42,45)(H,48,49);1H/t32-,39-;/m0./s1. The van der Waals surface area contributed by atoms with E-state index in [2.05, 4.69) is 5.32 Å². The second-order valence-electron chi connectivity index (χ2n) is 13.7. The zero-order chi connectivity index (χ0) is 37.7. The lowest BCUT2D eigenvalue weighted by Crippen LogP contribution is -2.63. The predicted molar refractivity (Wildman–Crippen MR) is 208 cm³/mol. The van der Waals surface area contributed by atoms with Crippen LogP contribution in [0.5, 0.6) is 5.75 Å². The molecule has 0 radical (unpaired) electrons. The SMILES string of the molecule is CC(C)(C)OC(=O)N(c1ccccc1)[C@](Cc1ccccc1)(C(=O)N1CCC[C@H]1C(=O)Nc1cc(C(=N)N)ccc1OP(C)(=O)O)c1ccccc1.Cl. The molecule has 12 nitrogen and oxygen atoms in total. The Hall–Kier alpha value is -5.16. The smallest absolute Gasteiger partial charge is 0.416 e. The first kappa shape index (κ1) is 40.6. The van der Waals surface area contributed by atoms with Gasteiger partial charge in [-0.2, -0.15) is 0 Å². The van der Waals surface area contributed by atoms with Gasteiger partial charge in [0, 0.05) is 30.9 Å². The lowest BCUT2D eigenvalue weighted by molar-refractivity contribution is -0.142. The topological polar surface area (TPSA) is 175 Å². The molecule has 280 valence electrons. The molecule has 0 saturated carbocycles. The van der Waals surface area contributed by atoms with Gasteiger partial charge in [0.05, 0.1) is 5.69 Å². The van der Waals surface area contributed by atoms with E-state index in [1.807, 2.05) is 42.5 Å². The minimum atomic E-state index is -4.05. The molecule has 0 spiro atoms. The first-order valence-electron chi connectivity index (χ1n) is 16.9. The van der Waals surface area contributed by atoms with E-state index in [0.29, 0.717) is 24.1 Å². The van der Waals surface area contributed by atoms with Crippen LogP contribution in [0, 0.1) is 5.41 Å². The molecule has 4 aromatic carbocycles. The number of nitrogen functional groups attached to an aromatic ring is 1. The molecule has 14 heteroatoms. The summed E-state index contributed by atoms with van der Waals surface area (Å²) in [5, 5.41) is 10.7. The molecule has 0 aromatic heterocycles. The highest BCUT2D eigenvalue weighted by Gasteiger charge is 2.54. The Bertz CT molecular complexity index is 1970. The Morgan fingerprint density at radius 1 is 0.962 bits per heavy atom. The van der Waals surface area contributed by atoms with Crippen LogP contribution in [0.2, 0.25) is 0 Å².